The van der Waals surface area contributed by atoms with Crippen LogP contribution in [0.25, 0.3) is 11.3 Å². The molecular weight excluding hydrogens is 953 g/mol. The number of hydrogen-bond acceptors (Lipinski definition) is 12. The number of likely N-dealkylation sites (tertiary alicyclic amines) is 1. The van der Waals surface area contributed by atoms with Crippen molar-refractivity contribution < 1.29 is 56.8 Å². The molecule has 1 aliphatic carbocycles. The van der Waals surface area contributed by atoms with Crippen molar-refractivity contribution in [2.45, 2.75) is 75.9 Å². The molecule has 7 rings (SSSR count). The van der Waals surface area contributed by atoms with Gasteiger partial charge in [-0.15, -0.1) is 11.3 Å². The van der Waals surface area contributed by atoms with Gasteiger partial charge in [-0.3, -0.25) is 19.2 Å². The average Bonchev–Trinajstić information content (AvgIpc) is 4.11. The molecule has 0 radical (unpaired) electrons. The van der Waals surface area contributed by atoms with Crippen LogP contribution in [0.2, 0.25) is 0 Å². The summed E-state index contributed by atoms with van der Waals surface area (Å²) in [5.41, 5.74) is 2.36. The Kier molecular flexibility index (Phi) is 20.1. The fraction of sp³-hybridized carbons (Fsp3) is 0.500. The van der Waals surface area contributed by atoms with Gasteiger partial charge in [0.15, 0.2) is 16.7 Å². The fourth-order valence-corrected chi connectivity index (χ4v) is 10.3. The minimum absolute atomic E-state index is 0.0543. The second-order valence-electron chi connectivity index (χ2n) is 18.2. The summed E-state index contributed by atoms with van der Waals surface area (Å²) in [5, 5.41) is 22.8. The smallest absolute Gasteiger partial charge is 0.404 e. The maximum Gasteiger partial charge on any atom is 0.404 e. The van der Waals surface area contributed by atoms with Gasteiger partial charge in [0.1, 0.15) is 24.7 Å². The molecule has 1 aromatic heterocycles. The number of halogens is 2. The Labute approximate surface area is 422 Å². The van der Waals surface area contributed by atoms with E-state index in [4.69, 9.17) is 24.1 Å². The SMILES string of the molecule is C[C@@H](CNC(=O)O)C(=O)N[C@H](C(=O)N1CCC[C@H]1C(=O)N[C@H](C(=O)NCCOCCOCCOc1c(-c2csc(N3CCOCC3)n2)ccc(F)c1F)C(c1ccccc1)c1ccccc1)C1CCCCC1. The van der Waals surface area contributed by atoms with Gasteiger partial charge in [0.2, 0.25) is 29.4 Å². The van der Waals surface area contributed by atoms with Gasteiger partial charge in [-0.2, -0.15) is 4.39 Å². The molecule has 17 nitrogen and oxygen atoms in total. The number of rotatable bonds is 24. The molecule has 72 heavy (non-hydrogen) atoms. The van der Waals surface area contributed by atoms with Crippen LogP contribution in [-0.2, 0) is 33.4 Å². The number of hydrogen-bond donors (Lipinski definition) is 5. The van der Waals surface area contributed by atoms with Crippen molar-refractivity contribution >= 4 is 46.2 Å². The van der Waals surface area contributed by atoms with E-state index in [1.807, 2.05) is 60.7 Å². The van der Waals surface area contributed by atoms with Gasteiger partial charge in [0.25, 0.3) is 0 Å². The molecule has 3 fully saturated rings. The van der Waals surface area contributed by atoms with Crippen molar-refractivity contribution in [1.29, 1.82) is 0 Å². The van der Waals surface area contributed by atoms with Crippen molar-refractivity contribution in [3.63, 3.8) is 0 Å². The topological polar surface area (TPSA) is 210 Å². The first-order valence-electron chi connectivity index (χ1n) is 24.8. The second-order valence-corrected chi connectivity index (χ2v) is 19.0. The second kappa shape index (κ2) is 27.0. The van der Waals surface area contributed by atoms with Crippen molar-refractivity contribution in [3.05, 3.63) is 101 Å². The van der Waals surface area contributed by atoms with E-state index < -0.39 is 65.4 Å². The monoisotopic (exact) mass is 1020 g/mol. The molecule has 0 spiro atoms. The summed E-state index contributed by atoms with van der Waals surface area (Å²) < 4.78 is 51.9. The molecule has 4 aromatic rings. The molecule has 3 aromatic carbocycles. The summed E-state index contributed by atoms with van der Waals surface area (Å²) in [5.74, 6) is -5.73. The highest BCUT2D eigenvalue weighted by Crippen LogP contribution is 2.37. The summed E-state index contributed by atoms with van der Waals surface area (Å²) >= 11 is 1.41. The molecule has 3 aliphatic rings. The lowest BCUT2D eigenvalue weighted by molar-refractivity contribution is -0.144. The predicted molar refractivity (Wildman–Crippen MR) is 266 cm³/mol. The normalized spacial score (nSPS) is 17.5. The molecule has 0 bridgehead atoms. The lowest BCUT2D eigenvalue weighted by atomic mass is 9.83. The first-order valence-corrected chi connectivity index (χ1v) is 25.7. The number of aromatic nitrogens is 1. The summed E-state index contributed by atoms with van der Waals surface area (Å²) in [7, 11) is 0. The number of nitrogens with one attached hydrogen (secondary N) is 4. The average molecular weight is 1020 g/mol. The van der Waals surface area contributed by atoms with Crippen LogP contribution >= 0.6 is 11.3 Å². The molecular formula is C52H65F2N7O10S. The van der Waals surface area contributed by atoms with E-state index in [0.717, 1.165) is 54.4 Å². The number of morpholine rings is 1. The third-order valence-corrected chi connectivity index (χ3v) is 14.2. The van der Waals surface area contributed by atoms with E-state index in [1.54, 1.807) is 12.3 Å². The first kappa shape index (κ1) is 53.6. The number of carbonyl (C=O) groups excluding carboxylic acids is 4. The van der Waals surface area contributed by atoms with Gasteiger partial charge >= 0.3 is 6.09 Å². The lowest BCUT2D eigenvalue weighted by Crippen LogP contribution is -2.59. The third-order valence-electron chi connectivity index (χ3n) is 13.3. The maximum atomic E-state index is 15.0. The van der Waals surface area contributed by atoms with E-state index in [2.05, 4.69) is 31.2 Å². The molecule has 4 atom stereocenters. The van der Waals surface area contributed by atoms with Crippen molar-refractivity contribution in [3.8, 4) is 17.0 Å². The van der Waals surface area contributed by atoms with E-state index in [0.29, 0.717) is 50.4 Å². The predicted octanol–water partition coefficient (Wildman–Crippen LogP) is 5.73. The quantitative estimate of drug-likeness (QED) is 0.0534. The molecule has 0 unspecified atom stereocenters. The molecule has 5 amide bonds. The Morgan fingerprint density at radius 3 is 2.14 bits per heavy atom. The van der Waals surface area contributed by atoms with Crippen LogP contribution in [0.4, 0.5) is 18.7 Å². The summed E-state index contributed by atoms with van der Waals surface area (Å²) in [6.45, 7) is 4.78. The summed E-state index contributed by atoms with van der Waals surface area (Å²) in [4.78, 5) is 76.3. The largest absolute Gasteiger partial charge is 0.487 e. The van der Waals surface area contributed by atoms with Crippen LogP contribution in [-0.4, -0.2) is 142 Å². The highest BCUT2D eigenvalue weighted by Gasteiger charge is 2.43. The zero-order chi connectivity index (χ0) is 50.8. The highest BCUT2D eigenvalue weighted by atomic mass is 32.1. The van der Waals surface area contributed by atoms with E-state index in [-0.39, 0.29) is 70.2 Å². The number of thiazole rings is 1. The maximum absolute atomic E-state index is 15.0. The van der Waals surface area contributed by atoms with Crippen molar-refractivity contribution in [2.75, 3.05) is 83.9 Å². The highest BCUT2D eigenvalue weighted by molar-refractivity contribution is 7.14. The van der Waals surface area contributed by atoms with Crippen LogP contribution < -0.4 is 30.9 Å². The van der Waals surface area contributed by atoms with Crippen molar-refractivity contribution in [1.82, 2.24) is 31.2 Å². The van der Waals surface area contributed by atoms with Gasteiger partial charge in [0.05, 0.1) is 51.3 Å². The number of nitrogens with zero attached hydrogens (tertiary/aromatic N) is 3. The summed E-state index contributed by atoms with van der Waals surface area (Å²) in [6, 6.07) is 18.3. The Bertz CT molecular complexity index is 2370. The lowest BCUT2D eigenvalue weighted by Gasteiger charge is -2.36. The Morgan fingerprint density at radius 1 is 0.792 bits per heavy atom. The minimum Gasteiger partial charge on any atom is -0.487 e. The van der Waals surface area contributed by atoms with Crippen LogP contribution in [0.15, 0.2) is 78.2 Å². The number of ether oxygens (including phenoxy) is 4. The minimum atomic E-state index is -1.26. The van der Waals surface area contributed by atoms with Gasteiger partial charge in [-0.25, -0.2) is 14.2 Å². The number of benzene rings is 3. The van der Waals surface area contributed by atoms with E-state index in [1.165, 1.54) is 22.3 Å². The van der Waals surface area contributed by atoms with Crippen molar-refractivity contribution in [2.24, 2.45) is 11.8 Å². The standard InChI is InChI=1S/C52H65F2N7O10S/c1-34(32-56-52(66)67)47(62)58-44(37-16-9-4-10-17-37)50(65)61-22-11-18-41(61)48(63)59-45(42(35-12-5-2-6-13-35)36-14-7-3-8-15-36)49(64)55-21-25-68-28-29-70-30-31-71-46-38(19-20-39(53)43(46)54)40-33-72-51(57-40)60-23-26-69-27-24-60/h2-3,5-8,12-15,19-20,33-34,37,41-42,44-45,56H,4,9-11,16-18,21-32H2,1H3,(H,55,64)(H,58,62)(H,59,63)(H,66,67)/t34-,41-,44-,45-/m0/s1. The van der Waals surface area contributed by atoms with E-state index >= 15 is 4.39 Å². The van der Waals surface area contributed by atoms with E-state index in [9.17, 15) is 28.4 Å². The van der Waals surface area contributed by atoms with Gasteiger partial charge in [-0.05, 0) is 54.9 Å². The molecule has 1 saturated carbocycles. The summed E-state index contributed by atoms with van der Waals surface area (Å²) in [6.07, 6.45) is 3.88. The van der Waals surface area contributed by atoms with Gasteiger partial charge in [0, 0.05) is 49.6 Å². The number of anilines is 1. The number of carbonyl (C=O) groups is 5. The van der Waals surface area contributed by atoms with Gasteiger partial charge < -0.3 is 55.1 Å². The van der Waals surface area contributed by atoms with Crippen LogP contribution in [0.3, 0.4) is 0 Å². The molecule has 2 saturated heterocycles. The first-order chi connectivity index (χ1) is 35.0. The Balaban J connectivity index is 0.947. The van der Waals surface area contributed by atoms with Crippen LogP contribution in [0, 0.1) is 23.5 Å². The number of amides is 5. The van der Waals surface area contributed by atoms with Crippen LogP contribution in [0.5, 0.6) is 5.75 Å². The Morgan fingerprint density at radius 2 is 1.46 bits per heavy atom. The molecule has 3 heterocycles. The molecule has 2 aliphatic heterocycles. The molecule has 388 valence electrons. The Hall–Kier alpha value is -6.22. The third kappa shape index (κ3) is 14.5. The zero-order valence-corrected chi connectivity index (χ0v) is 41.3. The van der Waals surface area contributed by atoms with Crippen LogP contribution in [0.1, 0.15) is 68.9 Å². The van der Waals surface area contributed by atoms with Gasteiger partial charge in [-0.1, -0.05) is 86.8 Å². The fourth-order valence-electron chi connectivity index (χ4n) is 9.45. The molecule has 5 N–H and O–H groups in total. The number of carboxylic acid groups (broad SMARTS) is 1. The molecule has 20 heteroatoms. The zero-order valence-electron chi connectivity index (χ0n) is 40.5.